The summed E-state index contributed by atoms with van der Waals surface area (Å²) in [5.74, 6) is 0.105. The van der Waals surface area contributed by atoms with Gasteiger partial charge in [-0.3, -0.25) is 9.59 Å². The Labute approximate surface area is 156 Å². The lowest BCUT2D eigenvalue weighted by molar-refractivity contribution is -0.121. The predicted molar refractivity (Wildman–Crippen MR) is 96.8 cm³/mol. The van der Waals surface area contributed by atoms with Crippen LogP contribution in [0.15, 0.2) is 30.7 Å². The van der Waals surface area contributed by atoms with E-state index in [1.54, 1.807) is 19.2 Å². The first-order valence-electron chi connectivity index (χ1n) is 8.25. The molecular formula is C18H22N4O5. The summed E-state index contributed by atoms with van der Waals surface area (Å²) in [5.41, 5.74) is 6.27. The van der Waals surface area contributed by atoms with Gasteiger partial charge in [0, 0.05) is 26.3 Å². The zero-order valence-corrected chi connectivity index (χ0v) is 15.2. The lowest BCUT2D eigenvalue weighted by Crippen LogP contribution is -2.27. The minimum absolute atomic E-state index is 0.0427. The van der Waals surface area contributed by atoms with Crippen LogP contribution in [0.3, 0.4) is 0 Å². The van der Waals surface area contributed by atoms with Gasteiger partial charge < -0.3 is 25.3 Å². The van der Waals surface area contributed by atoms with Gasteiger partial charge in [-0.1, -0.05) is 6.07 Å². The molecule has 0 aliphatic carbocycles. The van der Waals surface area contributed by atoms with E-state index in [1.165, 1.54) is 19.6 Å². The van der Waals surface area contributed by atoms with Gasteiger partial charge in [-0.25, -0.2) is 9.97 Å². The molecular weight excluding hydrogens is 352 g/mol. The molecule has 2 amide bonds. The maximum Gasteiger partial charge on any atom is 0.255 e. The molecule has 1 aromatic heterocycles. The van der Waals surface area contributed by atoms with Crippen LogP contribution in [-0.2, 0) is 16.0 Å². The number of carbonyl (C=O) groups is 2. The Balaban J connectivity index is 2.06. The number of benzene rings is 1. The monoisotopic (exact) mass is 374 g/mol. The van der Waals surface area contributed by atoms with Crippen LogP contribution < -0.4 is 20.5 Å². The Bertz CT molecular complexity index is 797. The molecule has 2 rings (SSSR count). The van der Waals surface area contributed by atoms with Gasteiger partial charge in [0.2, 0.25) is 11.8 Å². The van der Waals surface area contributed by atoms with Gasteiger partial charge in [-0.15, -0.1) is 0 Å². The van der Waals surface area contributed by atoms with Crippen molar-refractivity contribution >= 4 is 11.8 Å². The van der Waals surface area contributed by atoms with E-state index in [-0.39, 0.29) is 17.4 Å². The molecule has 144 valence electrons. The summed E-state index contributed by atoms with van der Waals surface area (Å²) in [6, 6.07) is 5.26. The molecule has 0 spiro atoms. The second kappa shape index (κ2) is 10.1. The molecule has 0 atom stereocenters. The van der Waals surface area contributed by atoms with Crippen molar-refractivity contribution in [1.29, 1.82) is 0 Å². The molecule has 0 unspecified atom stereocenters. The molecule has 3 N–H and O–H groups in total. The maximum absolute atomic E-state index is 11.8. The van der Waals surface area contributed by atoms with Crippen LogP contribution in [0.5, 0.6) is 17.4 Å². The summed E-state index contributed by atoms with van der Waals surface area (Å²) >= 11 is 0. The number of hydrogen-bond donors (Lipinski definition) is 2. The van der Waals surface area contributed by atoms with Crippen molar-refractivity contribution < 1.29 is 23.8 Å². The maximum atomic E-state index is 11.8. The Morgan fingerprint density at radius 1 is 1.22 bits per heavy atom. The number of nitrogens with one attached hydrogen (secondary N) is 1. The highest BCUT2D eigenvalue weighted by atomic mass is 16.5. The third-order valence-corrected chi connectivity index (χ3v) is 3.64. The van der Waals surface area contributed by atoms with Crippen molar-refractivity contribution in [3.63, 3.8) is 0 Å². The molecule has 0 aliphatic rings. The molecule has 9 heteroatoms. The minimum atomic E-state index is -0.694. The normalized spacial score (nSPS) is 10.3. The van der Waals surface area contributed by atoms with Crippen molar-refractivity contribution in [2.75, 3.05) is 27.4 Å². The van der Waals surface area contributed by atoms with E-state index in [4.69, 9.17) is 19.9 Å². The molecule has 0 fully saturated rings. The molecule has 1 heterocycles. The fraction of sp³-hybridized carbons (Fsp3) is 0.333. The standard InChI is InChI=1S/C18H22N4O5/c1-25-8-7-21-16(23)6-4-12-3-5-14(15(9-12)26-2)27-18-13(17(19)24)10-20-11-22-18/h3,5,9-11H,4,6-8H2,1-2H3,(H2,19,24)(H,21,23). The van der Waals surface area contributed by atoms with Gasteiger partial charge in [0.15, 0.2) is 11.5 Å². The van der Waals surface area contributed by atoms with Gasteiger partial charge in [-0.05, 0) is 24.1 Å². The lowest BCUT2D eigenvalue weighted by Gasteiger charge is -2.12. The number of carbonyl (C=O) groups excluding carboxylic acids is 2. The van der Waals surface area contributed by atoms with Crippen LogP contribution >= 0.6 is 0 Å². The molecule has 1 aromatic carbocycles. The highest BCUT2D eigenvalue weighted by molar-refractivity contribution is 5.94. The molecule has 0 saturated carbocycles. The highest BCUT2D eigenvalue weighted by Gasteiger charge is 2.15. The van der Waals surface area contributed by atoms with Gasteiger partial charge in [-0.2, -0.15) is 0 Å². The molecule has 0 saturated heterocycles. The lowest BCUT2D eigenvalue weighted by atomic mass is 10.1. The molecule has 27 heavy (non-hydrogen) atoms. The van der Waals surface area contributed by atoms with Crippen molar-refractivity contribution in [3.8, 4) is 17.4 Å². The first kappa shape index (κ1) is 20.1. The number of hydrogen-bond acceptors (Lipinski definition) is 7. The summed E-state index contributed by atoms with van der Waals surface area (Å²) in [4.78, 5) is 30.9. The van der Waals surface area contributed by atoms with Gasteiger partial charge in [0.1, 0.15) is 11.9 Å². The average molecular weight is 374 g/mol. The zero-order chi connectivity index (χ0) is 19.6. The van der Waals surface area contributed by atoms with E-state index in [2.05, 4.69) is 15.3 Å². The number of aromatic nitrogens is 2. The Hall–Kier alpha value is -3.20. The molecule has 0 bridgehead atoms. The Kier molecular flexibility index (Phi) is 7.50. The van der Waals surface area contributed by atoms with Crippen LogP contribution in [0.4, 0.5) is 0 Å². The van der Waals surface area contributed by atoms with E-state index in [1.807, 2.05) is 6.07 Å². The molecule has 0 aliphatic heterocycles. The van der Waals surface area contributed by atoms with E-state index in [0.717, 1.165) is 5.56 Å². The van der Waals surface area contributed by atoms with Gasteiger partial charge in [0.05, 0.1) is 13.7 Å². The third kappa shape index (κ3) is 5.93. The van der Waals surface area contributed by atoms with Crippen molar-refractivity contribution in [1.82, 2.24) is 15.3 Å². The largest absolute Gasteiger partial charge is 0.493 e. The van der Waals surface area contributed by atoms with Gasteiger partial charge >= 0.3 is 0 Å². The second-order valence-corrected chi connectivity index (χ2v) is 5.54. The number of amides is 2. The SMILES string of the molecule is COCCNC(=O)CCc1ccc(Oc2ncncc2C(N)=O)c(OC)c1. The van der Waals surface area contributed by atoms with Crippen LogP contribution in [-0.4, -0.2) is 49.2 Å². The van der Waals surface area contributed by atoms with E-state index in [0.29, 0.717) is 37.5 Å². The van der Waals surface area contributed by atoms with E-state index < -0.39 is 5.91 Å². The molecule has 2 aromatic rings. The predicted octanol–water partition coefficient (Wildman–Crippen LogP) is 1.07. The first-order chi connectivity index (χ1) is 13.0. The fourth-order valence-corrected chi connectivity index (χ4v) is 2.26. The van der Waals surface area contributed by atoms with E-state index in [9.17, 15) is 9.59 Å². The quantitative estimate of drug-likeness (QED) is 0.596. The summed E-state index contributed by atoms with van der Waals surface area (Å²) < 4.78 is 15.9. The number of aryl methyl sites for hydroxylation is 1. The second-order valence-electron chi connectivity index (χ2n) is 5.54. The van der Waals surface area contributed by atoms with Crippen LogP contribution in [0.25, 0.3) is 0 Å². The number of nitrogens with two attached hydrogens (primary N) is 1. The number of methoxy groups -OCH3 is 2. The van der Waals surface area contributed by atoms with Crippen molar-refractivity contribution in [2.24, 2.45) is 5.73 Å². The zero-order valence-electron chi connectivity index (χ0n) is 15.2. The smallest absolute Gasteiger partial charge is 0.255 e. The number of rotatable bonds is 10. The molecule has 9 nitrogen and oxygen atoms in total. The minimum Gasteiger partial charge on any atom is -0.493 e. The topological polar surface area (TPSA) is 126 Å². The highest BCUT2D eigenvalue weighted by Crippen LogP contribution is 2.32. The van der Waals surface area contributed by atoms with E-state index >= 15 is 0 Å². The average Bonchev–Trinajstić information content (AvgIpc) is 2.67. The van der Waals surface area contributed by atoms with Crippen molar-refractivity contribution in [3.05, 3.63) is 41.9 Å². The molecule has 0 radical (unpaired) electrons. The van der Waals surface area contributed by atoms with Crippen molar-refractivity contribution in [2.45, 2.75) is 12.8 Å². The Morgan fingerprint density at radius 3 is 2.74 bits per heavy atom. The van der Waals surface area contributed by atoms with Gasteiger partial charge in [0.25, 0.3) is 5.91 Å². The van der Waals surface area contributed by atoms with Crippen LogP contribution in [0.2, 0.25) is 0 Å². The third-order valence-electron chi connectivity index (χ3n) is 3.64. The van der Waals surface area contributed by atoms with Crippen LogP contribution in [0, 0.1) is 0 Å². The number of nitrogens with zero attached hydrogens (tertiary/aromatic N) is 2. The summed E-state index contributed by atoms with van der Waals surface area (Å²) in [6.07, 6.45) is 3.42. The Morgan fingerprint density at radius 2 is 2.04 bits per heavy atom. The summed E-state index contributed by atoms with van der Waals surface area (Å²) in [6.45, 7) is 0.953. The fourth-order valence-electron chi connectivity index (χ4n) is 2.26. The van der Waals surface area contributed by atoms with Crippen LogP contribution in [0.1, 0.15) is 22.3 Å². The number of ether oxygens (including phenoxy) is 3. The summed E-state index contributed by atoms with van der Waals surface area (Å²) in [5, 5.41) is 2.77. The number of primary amides is 1. The summed E-state index contributed by atoms with van der Waals surface area (Å²) in [7, 11) is 3.08. The first-order valence-corrected chi connectivity index (χ1v) is 8.25.